The predicted molar refractivity (Wildman–Crippen MR) is 79.5 cm³/mol. The summed E-state index contributed by atoms with van der Waals surface area (Å²) in [6.07, 6.45) is 8.78. The zero-order chi connectivity index (χ0) is 14.0. The van der Waals surface area contributed by atoms with E-state index in [-0.39, 0.29) is 11.5 Å². The molecule has 1 atom stereocenters. The minimum atomic E-state index is -0.265. The number of aromatic nitrogens is 2. The maximum Gasteiger partial charge on any atom is 0.0640 e. The maximum absolute atomic E-state index is 10.7. The molecule has 0 aliphatic heterocycles. The molecule has 1 saturated carbocycles. The van der Waals surface area contributed by atoms with Crippen LogP contribution in [-0.4, -0.2) is 21.0 Å². The van der Waals surface area contributed by atoms with Crippen LogP contribution >= 0.6 is 0 Å². The Hall–Kier alpha value is -1.61. The van der Waals surface area contributed by atoms with Crippen molar-refractivity contribution in [3.8, 4) is 0 Å². The number of hydrogen-bond donors (Lipinski definition) is 1. The van der Waals surface area contributed by atoms with Crippen LogP contribution in [0.25, 0.3) is 0 Å². The minimum Gasteiger partial charge on any atom is -0.392 e. The quantitative estimate of drug-likeness (QED) is 0.907. The standard InChI is InChI=1S/C17H22N2O/c1-19-13-14(12-18-19)8-9-16(20)17(10-5-11-17)15-6-3-2-4-7-15/h2-4,6-7,12-13,16,20H,5,8-11H2,1H3. The molecule has 2 aromatic rings. The van der Waals surface area contributed by atoms with Crippen LogP contribution < -0.4 is 0 Å². The van der Waals surface area contributed by atoms with Crippen molar-refractivity contribution in [2.75, 3.05) is 0 Å². The van der Waals surface area contributed by atoms with Gasteiger partial charge in [0.15, 0.2) is 0 Å². The van der Waals surface area contributed by atoms with Gasteiger partial charge in [0, 0.05) is 18.7 Å². The van der Waals surface area contributed by atoms with E-state index < -0.39 is 0 Å². The van der Waals surface area contributed by atoms with Gasteiger partial charge in [-0.2, -0.15) is 5.10 Å². The van der Waals surface area contributed by atoms with E-state index in [0.717, 1.165) is 25.7 Å². The van der Waals surface area contributed by atoms with Gasteiger partial charge in [-0.25, -0.2) is 0 Å². The van der Waals surface area contributed by atoms with Crippen LogP contribution in [0.4, 0.5) is 0 Å². The van der Waals surface area contributed by atoms with Crippen LogP contribution in [-0.2, 0) is 18.9 Å². The molecule has 3 heteroatoms. The summed E-state index contributed by atoms with van der Waals surface area (Å²) in [5.74, 6) is 0. The summed E-state index contributed by atoms with van der Waals surface area (Å²) in [5.41, 5.74) is 2.49. The third-order valence-corrected chi connectivity index (χ3v) is 4.70. The number of aliphatic hydroxyl groups is 1. The third-order valence-electron chi connectivity index (χ3n) is 4.70. The Labute approximate surface area is 120 Å². The van der Waals surface area contributed by atoms with Crippen molar-refractivity contribution in [2.24, 2.45) is 7.05 Å². The monoisotopic (exact) mass is 270 g/mol. The average molecular weight is 270 g/mol. The number of aliphatic hydroxyl groups excluding tert-OH is 1. The van der Waals surface area contributed by atoms with E-state index in [2.05, 4.69) is 29.4 Å². The first-order chi connectivity index (χ1) is 9.71. The largest absolute Gasteiger partial charge is 0.392 e. The van der Waals surface area contributed by atoms with Gasteiger partial charge in [-0.1, -0.05) is 36.8 Å². The van der Waals surface area contributed by atoms with Crippen LogP contribution in [0.1, 0.15) is 36.8 Å². The summed E-state index contributed by atoms with van der Waals surface area (Å²) in [5, 5.41) is 14.9. The predicted octanol–water partition coefficient (Wildman–Crippen LogP) is 2.84. The lowest BCUT2D eigenvalue weighted by atomic mass is 9.60. The van der Waals surface area contributed by atoms with Crippen molar-refractivity contribution in [3.05, 3.63) is 53.9 Å². The summed E-state index contributed by atoms with van der Waals surface area (Å²) >= 11 is 0. The molecule has 1 heterocycles. The van der Waals surface area contributed by atoms with Crippen LogP contribution in [0.3, 0.4) is 0 Å². The molecule has 1 aromatic carbocycles. The average Bonchev–Trinajstić information content (AvgIpc) is 2.82. The van der Waals surface area contributed by atoms with Crippen molar-refractivity contribution >= 4 is 0 Å². The van der Waals surface area contributed by atoms with Gasteiger partial charge in [0.2, 0.25) is 0 Å². The van der Waals surface area contributed by atoms with Crippen molar-refractivity contribution in [1.82, 2.24) is 9.78 Å². The lowest BCUT2D eigenvalue weighted by Gasteiger charge is -2.46. The molecular formula is C17H22N2O. The maximum atomic E-state index is 10.7. The highest BCUT2D eigenvalue weighted by atomic mass is 16.3. The normalized spacial score (nSPS) is 18.5. The fraction of sp³-hybridized carbons (Fsp3) is 0.471. The topological polar surface area (TPSA) is 38.0 Å². The molecule has 0 bridgehead atoms. The molecule has 106 valence electrons. The van der Waals surface area contributed by atoms with E-state index in [1.165, 1.54) is 17.5 Å². The van der Waals surface area contributed by atoms with Crippen LogP contribution in [0.15, 0.2) is 42.7 Å². The van der Waals surface area contributed by atoms with Crippen LogP contribution in [0.2, 0.25) is 0 Å². The number of nitrogens with zero attached hydrogens (tertiary/aromatic N) is 2. The summed E-state index contributed by atoms with van der Waals surface area (Å²) in [7, 11) is 1.93. The van der Waals surface area contributed by atoms with E-state index in [4.69, 9.17) is 0 Å². The first-order valence-corrected chi connectivity index (χ1v) is 7.42. The summed E-state index contributed by atoms with van der Waals surface area (Å²) in [6.45, 7) is 0. The van der Waals surface area contributed by atoms with Gasteiger partial charge in [0.05, 0.1) is 12.3 Å². The Morgan fingerprint density at radius 1 is 1.30 bits per heavy atom. The highest BCUT2D eigenvalue weighted by molar-refractivity contribution is 5.29. The molecule has 1 aliphatic rings. The molecule has 3 nitrogen and oxygen atoms in total. The molecule has 0 radical (unpaired) electrons. The van der Waals surface area contributed by atoms with Gasteiger partial charge in [0.25, 0.3) is 0 Å². The van der Waals surface area contributed by atoms with Gasteiger partial charge in [-0.3, -0.25) is 4.68 Å². The van der Waals surface area contributed by atoms with Crippen molar-refractivity contribution < 1.29 is 5.11 Å². The van der Waals surface area contributed by atoms with E-state index in [1.54, 1.807) is 0 Å². The second-order valence-electron chi connectivity index (χ2n) is 5.95. The Kier molecular flexibility index (Phi) is 3.62. The Morgan fingerprint density at radius 2 is 2.05 bits per heavy atom. The van der Waals surface area contributed by atoms with Gasteiger partial charge in [0.1, 0.15) is 0 Å². The Bertz CT molecular complexity index is 557. The van der Waals surface area contributed by atoms with Crippen molar-refractivity contribution in [1.29, 1.82) is 0 Å². The lowest BCUT2D eigenvalue weighted by molar-refractivity contribution is 0.0225. The van der Waals surface area contributed by atoms with Gasteiger partial charge >= 0.3 is 0 Å². The molecule has 3 rings (SSSR count). The SMILES string of the molecule is Cn1cc(CCC(O)C2(c3ccccc3)CCC2)cn1. The molecule has 1 fully saturated rings. The second-order valence-corrected chi connectivity index (χ2v) is 5.95. The third kappa shape index (κ3) is 2.38. The van der Waals surface area contributed by atoms with Crippen LogP contribution in [0, 0.1) is 0 Å². The number of hydrogen-bond acceptors (Lipinski definition) is 2. The van der Waals surface area contributed by atoms with E-state index in [9.17, 15) is 5.11 Å². The molecule has 20 heavy (non-hydrogen) atoms. The van der Waals surface area contributed by atoms with Gasteiger partial charge < -0.3 is 5.11 Å². The summed E-state index contributed by atoms with van der Waals surface area (Å²) in [4.78, 5) is 0. The first kappa shape index (κ1) is 13.4. The van der Waals surface area contributed by atoms with Crippen molar-refractivity contribution in [2.45, 2.75) is 43.6 Å². The first-order valence-electron chi connectivity index (χ1n) is 7.42. The fourth-order valence-electron chi connectivity index (χ4n) is 3.32. The molecule has 0 amide bonds. The van der Waals surface area contributed by atoms with E-state index >= 15 is 0 Å². The summed E-state index contributed by atoms with van der Waals surface area (Å²) in [6, 6.07) is 10.5. The Morgan fingerprint density at radius 3 is 2.60 bits per heavy atom. The highest BCUT2D eigenvalue weighted by Crippen LogP contribution is 2.47. The fourth-order valence-corrected chi connectivity index (χ4v) is 3.32. The molecular weight excluding hydrogens is 248 g/mol. The highest BCUT2D eigenvalue weighted by Gasteiger charge is 2.44. The van der Waals surface area contributed by atoms with E-state index in [0.29, 0.717) is 0 Å². The zero-order valence-corrected chi connectivity index (χ0v) is 12.0. The van der Waals surface area contributed by atoms with Gasteiger partial charge in [-0.05, 0) is 36.8 Å². The minimum absolute atomic E-state index is 0.0104. The molecule has 1 unspecified atom stereocenters. The van der Waals surface area contributed by atoms with Gasteiger partial charge in [-0.15, -0.1) is 0 Å². The zero-order valence-electron chi connectivity index (χ0n) is 12.0. The Balaban J connectivity index is 1.70. The molecule has 1 N–H and O–H groups in total. The second kappa shape index (κ2) is 5.41. The van der Waals surface area contributed by atoms with Crippen LogP contribution in [0.5, 0.6) is 0 Å². The van der Waals surface area contributed by atoms with Crippen molar-refractivity contribution in [3.63, 3.8) is 0 Å². The lowest BCUT2D eigenvalue weighted by Crippen LogP contribution is -2.45. The number of aryl methyl sites for hydroxylation is 2. The molecule has 0 spiro atoms. The number of rotatable bonds is 5. The molecule has 1 aromatic heterocycles. The smallest absolute Gasteiger partial charge is 0.0640 e. The molecule has 0 saturated heterocycles. The summed E-state index contributed by atoms with van der Waals surface area (Å²) < 4.78 is 1.82. The molecule has 1 aliphatic carbocycles. The number of benzene rings is 1. The van der Waals surface area contributed by atoms with E-state index in [1.807, 2.05) is 30.2 Å².